The van der Waals surface area contributed by atoms with E-state index in [0.717, 1.165) is 10.5 Å². The Morgan fingerprint density at radius 1 is 0.854 bits per heavy atom. The van der Waals surface area contributed by atoms with Gasteiger partial charge in [-0.15, -0.1) is 11.8 Å². The number of halogens is 1. The molecule has 4 aromatic carbocycles. The Labute approximate surface area is 248 Å². The molecule has 9 heteroatoms. The van der Waals surface area contributed by atoms with Gasteiger partial charge < -0.3 is 20.7 Å². The van der Waals surface area contributed by atoms with Gasteiger partial charge in [-0.3, -0.25) is 14.4 Å². The van der Waals surface area contributed by atoms with Gasteiger partial charge in [0.05, 0.1) is 12.9 Å². The Kier molecular flexibility index (Phi) is 10.2. The Hall–Kier alpha value is -4.53. The molecule has 0 bridgehead atoms. The molecule has 0 saturated heterocycles. The van der Waals surface area contributed by atoms with Gasteiger partial charge in [0.1, 0.15) is 11.4 Å². The fourth-order valence-corrected chi connectivity index (χ4v) is 4.67. The maximum absolute atomic E-state index is 13.3. The molecule has 0 aromatic heterocycles. The Morgan fingerprint density at radius 2 is 1.56 bits per heavy atom. The molecular formula is C32H28ClN3O4S. The van der Waals surface area contributed by atoms with Crippen molar-refractivity contribution in [2.24, 2.45) is 0 Å². The van der Waals surface area contributed by atoms with Gasteiger partial charge >= 0.3 is 0 Å². The van der Waals surface area contributed by atoms with E-state index in [2.05, 4.69) is 16.0 Å². The summed E-state index contributed by atoms with van der Waals surface area (Å²) in [5.41, 5.74) is 3.12. The maximum atomic E-state index is 13.3. The molecule has 4 rings (SSSR count). The fraction of sp³-hybridized carbons (Fsp3) is 0.0938. The summed E-state index contributed by atoms with van der Waals surface area (Å²) >= 11 is 7.49. The number of hydrogen-bond donors (Lipinski definition) is 3. The third kappa shape index (κ3) is 8.23. The van der Waals surface area contributed by atoms with Crippen LogP contribution in [0.15, 0.2) is 108 Å². The van der Waals surface area contributed by atoms with Gasteiger partial charge in [0.25, 0.3) is 11.8 Å². The largest absolute Gasteiger partial charge is 0.496 e. The second-order valence-electron chi connectivity index (χ2n) is 8.85. The molecule has 0 aliphatic heterocycles. The maximum Gasteiger partial charge on any atom is 0.272 e. The molecule has 3 N–H and O–H groups in total. The zero-order chi connectivity index (χ0) is 29.2. The van der Waals surface area contributed by atoms with E-state index in [0.29, 0.717) is 33.3 Å². The van der Waals surface area contributed by atoms with Crippen molar-refractivity contribution in [3.63, 3.8) is 0 Å². The molecule has 0 spiro atoms. The molecule has 0 radical (unpaired) electrons. The van der Waals surface area contributed by atoms with E-state index in [1.165, 1.54) is 18.9 Å². The van der Waals surface area contributed by atoms with Crippen molar-refractivity contribution in [2.75, 3.05) is 23.5 Å². The molecule has 0 atom stereocenters. The SMILES string of the molecule is COc1ccccc1/C=C(\NC(=O)c1ccccc1)C(=O)Nc1ccc(SCC(=O)Nc2cccc(Cl)c2C)cc1. The summed E-state index contributed by atoms with van der Waals surface area (Å²) in [6.45, 7) is 1.85. The van der Waals surface area contributed by atoms with E-state index < -0.39 is 11.8 Å². The van der Waals surface area contributed by atoms with Crippen LogP contribution in [0.2, 0.25) is 5.02 Å². The van der Waals surface area contributed by atoms with Gasteiger partial charge in [-0.2, -0.15) is 0 Å². The van der Waals surface area contributed by atoms with Crippen LogP contribution in [0.4, 0.5) is 11.4 Å². The van der Waals surface area contributed by atoms with E-state index in [1.54, 1.807) is 72.8 Å². The average molecular weight is 586 g/mol. The summed E-state index contributed by atoms with van der Waals surface area (Å²) < 4.78 is 5.41. The molecule has 41 heavy (non-hydrogen) atoms. The quantitative estimate of drug-likeness (QED) is 0.140. The van der Waals surface area contributed by atoms with E-state index in [-0.39, 0.29) is 17.4 Å². The van der Waals surface area contributed by atoms with Crippen LogP contribution in [-0.2, 0) is 9.59 Å². The molecule has 0 saturated carbocycles. The molecule has 0 aliphatic carbocycles. The third-order valence-corrected chi connectivity index (χ3v) is 7.41. The summed E-state index contributed by atoms with van der Waals surface area (Å²) in [5.74, 6) is -0.313. The molecule has 0 fully saturated rings. The lowest BCUT2D eigenvalue weighted by Gasteiger charge is -2.13. The lowest BCUT2D eigenvalue weighted by molar-refractivity contribution is -0.114. The Bertz CT molecular complexity index is 1570. The normalized spacial score (nSPS) is 11.0. The number of carbonyl (C=O) groups is 3. The smallest absolute Gasteiger partial charge is 0.272 e. The molecule has 4 aromatic rings. The van der Waals surface area contributed by atoms with Crippen molar-refractivity contribution in [3.8, 4) is 5.75 Å². The first-order valence-electron chi connectivity index (χ1n) is 12.6. The van der Waals surface area contributed by atoms with Crippen molar-refractivity contribution in [2.45, 2.75) is 11.8 Å². The number of rotatable bonds is 10. The molecule has 0 aliphatic rings. The summed E-state index contributed by atoms with van der Waals surface area (Å²) in [6.07, 6.45) is 1.57. The molecule has 3 amide bonds. The molecule has 7 nitrogen and oxygen atoms in total. The molecule has 0 heterocycles. The van der Waals surface area contributed by atoms with Gasteiger partial charge in [0.15, 0.2) is 0 Å². The zero-order valence-electron chi connectivity index (χ0n) is 22.4. The zero-order valence-corrected chi connectivity index (χ0v) is 24.0. The predicted molar refractivity (Wildman–Crippen MR) is 165 cm³/mol. The highest BCUT2D eigenvalue weighted by molar-refractivity contribution is 8.00. The third-order valence-electron chi connectivity index (χ3n) is 5.99. The number of methoxy groups -OCH3 is 1. The number of anilines is 2. The van der Waals surface area contributed by atoms with Gasteiger partial charge in [-0.05, 0) is 73.2 Å². The monoisotopic (exact) mass is 585 g/mol. The van der Waals surface area contributed by atoms with Crippen molar-refractivity contribution in [1.82, 2.24) is 5.32 Å². The van der Waals surface area contributed by atoms with Crippen LogP contribution in [0.5, 0.6) is 5.75 Å². The predicted octanol–water partition coefficient (Wildman–Crippen LogP) is 6.80. The number of carbonyl (C=O) groups excluding carboxylic acids is 3. The average Bonchev–Trinajstić information content (AvgIpc) is 2.99. The minimum absolute atomic E-state index is 0.0507. The number of benzene rings is 4. The molecular weight excluding hydrogens is 558 g/mol. The number of ether oxygens (including phenoxy) is 1. The molecule has 208 valence electrons. The minimum Gasteiger partial charge on any atom is -0.496 e. The molecule has 0 unspecified atom stereocenters. The fourth-order valence-electron chi connectivity index (χ4n) is 3.79. The van der Waals surface area contributed by atoms with E-state index in [4.69, 9.17) is 16.3 Å². The number of amides is 3. The summed E-state index contributed by atoms with van der Waals surface area (Å²) in [6, 6.07) is 28.3. The van der Waals surface area contributed by atoms with Crippen molar-refractivity contribution in [3.05, 3.63) is 124 Å². The highest BCUT2D eigenvalue weighted by Crippen LogP contribution is 2.25. The van der Waals surface area contributed by atoms with Crippen LogP contribution >= 0.6 is 23.4 Å². The van der Waals surface area contributed by atoms with Crippen LogP contribution in [0, 0.1) is 6.92 Å². The highest BCUT2D eigenvalue weighted by atomic mass is 35.5. The van der Waals surface area contributed by atoms with E-state index in [1.807, 2.05) is 37.3 Å². The van der Waals surface area contributed by atoms with Crippen molar-refractivity contribution in [1.29, 1.82) is 0 Å². The lowest BCUT2D eigenvalue weighted by Crippen LogP contribution is -2.30. The standard InChI is InChI=1S/C32H28ClN3O4S/c1-21-26(33)12-8-13-27(21)35-30(37)20-41-25-17-15-24(16-18-25)34-32(39)28(19-23-11-6-7-14-29(23)40-2)36-31(38)22-9-4-3-5-10-22/h3-19H,20H2,1-2H3,(H,34,39)(H,35,37)(H,36,38)/b28-19-. The first-order valence-corrected chi connectivity index (χ1v) is 14.0. The highest BCUT2D eigenvalue weighted by Gasteiger charge is 2.16. The van der Waals surface area contributed by atoms with Crippen LogP contribution < -0.4 is 20.7 Å². The Balaban J connectivity index is 1.43. The second kappa shape index (κ2) is 14.2. The van der Waals surface area contributed by atoms with Gasteiger partial charge in [-0.25, -0.2) is 0 Å². The minimum atomic E-state index is -0.503. The van der Waals surface area contributed by atoms with Crippen LogP contribution in [-0.4, -0.2) is 30.6 Å². The first kappa shape index (κ1) is 29.5. The number of thioether (sulfide) groups is 1. The first-order chi connectivity index (χ1) is 19.8. The van der Waals surface area contributed by atoms with E-state index in [9.17, 15) is 14.4 Å². The summed E-state index contributed by atoms with van der Waals surface area (Å²) in [4.78, 5) is 39.5. The number of para-hydroxylation sites is 1. The van der Waals surface area contributed by atoms with Crippen LogP contribution in [0.1, 0.15) is 21.5 Å². The van der Waals surface area contributed by atoms with Crippen molar-refractivity contribution < 1.29 is 19.1 Å². The van der Waals surface area contributed by atoms with Crippen LogP contribution in [0.3, 0.4) is 0 Å². The lowest BCUT2D eigenvalue weighted by atomic mass is 10.1. The van der Waals surface area contributed by atoms with Gasteiger partial charge in [-0.1, -0.05) is 54.1 Å². The van der Waals surface area contributed by atoms with Crippen LogP contribution in [0.25, 0.3) is 6.08 Å². The van der Waals surface area contributed by atoms with Gasteiger partial charge in [0.2, 0.25) is 5.91 Å². The van der Waals surface area contributed by atoms with E-state index >= 15 is 0 Å². The Morgan fingerprint density at radius 3 is 2.29 bits per heavy atom. The van der Waals surface area contributed by atoms with Crippen molar-refractivity contribution >= 4 is 58.5 Å². The number of hydrogen-bond acceptors (Lipinski definition) is 5. The number of nitrogens with one attached hydrogen (secondary N) is 3. The second-order valence-corrected chi connectivity index (χ2v) is 10.3. The topological polar surface area (TPSA) is 96.5 Å². The summed E-state index contributed by atoms with van der Waals surface area (Å²) in [5, 5.41) is 9.02. The summed E-state index contributed by atoms with van der Waals surface area (Å²) in [7, 11) is 1.54. The van der Waals surface area contributed by atoms with Gasteiger partial charge in [0, 0.05) is 32.4 Å².